The zero-order valence-corrected chi connectivity index (χ0v) is 15.6. The summed E-state index contributed by atoms with van der Waals surface area (Å²) >= 11 is 0. The van der Waals surface area contributed by atoms with Crippen molar-refractivity contribution in [1.82, 2.24) is 10.2 Å². The number of nitrogens with zero attached hydrogens (tertiary/aromatic N) is 2. The third-order valence-corrected chi connectivity index (χ3v) is 5.49. The topological polar surface area (TPSA) is 79.7 Å². The van der Waals surface area contributed by atoms with E-state index >= 15 is 0 Å². The number of hydrogen-bond acceptors (Lipinski definition) is 5. The molecule has 0 bridgehead atoms. The van der Waals surface area contributed by atoms with Gasteiger partial charge in [0.15, 0.2) is 0 Å². The summed E-state index contributed by atoms with van der Waals surface area (Å²) in [5.74, 6) is 1.30. The van der Waals surface area contributed by atoms with Crippen molar-refractivity contribution >= 4 is 5.84 Å². The molecule has 140 valence electrons. The van der Waals surface area contributed by atoms with Crippen LogP contribution in [0.3, 0.4) is 0 Å². The Morgan fingerprint density at radius 2 is 1.48 bits per heavy atom. The average Bonchev–Trinajstić information content (AvgIpc) is 3.23. The van der Waals surface area contributed by atoms with Crippen LogP contribution in [0.1, 0.15) is 24.0 Å². The van der Waals surface area contributed by atoms with Crippen LogP contribution in [0.5, 0.6) is 0 Å². The number of aliphatic imine (C=N–C) groups is 1. The van der Waals surface area contributed by atoms with E-state index in [0.717, 1.165) is 25.3 Å². The second-order valence-electron chi connectivity index (χ2n) is 7.36. The molecule has 2 heterocycles. The zero-order chi connectivity index (χ0) is 18.7. The van der Waals surface area contributed by atoms with Gasteiger partial charge in [-0.25, -0.2) is 4.99 Å². The highest BCUT2D eigenvalue weighted by atomic mass is 15.4. The van der Waals surface area contributed by atoms with Gasteiger partial charge in [0.1, 0.15) is 17.3 Å². The highest BCUT2D eigenvalue weighted by Gasteiger charge is 2.44. The molecule has 1 atom stereocenters. The first-order chi connectivity index (χ1) is 13.2. The number of hydrogen-bond donors (Lipinski definition) is 3. The summed E-state index contributed by atoms with van der Waals surface area (Å²) in [6.45, 7) is 2.01. The Balaban J connectivity index is 1.70. The standard InChI is InChI=1S/C22H27N5/c23-20-21(24)25-19(15-17-9-3-1-4-10-17)26-22(20,27-13-7-8-14-27)16-18-11-5-2-6-12-18/h1-6,9-12H,7-8,13-16,23-24H2,(H,25,26). The molecule has 2 aliphatic heterocycles. The number of amidine groups is 1. The van der Waals surface area contributed by atoms with Gasteiger partial charge in [-0.15, -0.1) is 0 Å². The maximum Gasteiger partial charge on any atom is 0.148 e. The lowest BCUT2D eigenvalue weighted by atomic mass is 9.92. The summed E-state index contributed by atoms with van der Waals surface area (Å²) in [6.07, 6.45) is 3.82. The van der Waals surface area contributed by atoms with Gasteiger partial charge < -0.3 is 16.8 Å². The van der Waals surface area contributed by atoms with Gasteiger partial charge in [-0.2, -0.15) is 0 Å². The van der Waals surface area contributed by atoms with Crippen molar-refractivity contribution in [2.24, 2.45) is 16.5 Å². The van der Waals surface area contributed by atoms with Gasteiger partial charge >= 0.3 is 0 Å². The minimum atomic E-state index is -0.520. The lowest BCUT2D eigenvalue weighted by molar-refractivity contribution is 0.130. The number of likely N-dealkylation sites (tertiary alicyclic amines) is 1. The second-order valence-corrected chi connectivity index (χ2v) is 7.36. The fraction of sp³-hybridized carbons (Fsp3) is 0.318. The third-order valence-electron chi connectivity index (χ3n) is 5.49. The van der Waals surface area contributed by atoms with Crippen LogP contribution < -0.4 is 16.8 Å². The van der Waals surface area contributed by atoms with E-state index in [0.29, 0.717) is 17.9 Å². The lowest BCUT2D eigenvalue weighted by Crippen LogP contribution is -2.66. The molecule has 0 aliphatic carbocycles. The number of benzene rings is 2. The third kappa shape index (κ3) is 3.55. The number of nitrogens with one attached hydrogen (secondary N) is 1. The van der Waals surface area contributed by atoms with E-state index in [1.807, 2.05) is 24.3 Å². The molecule has 5 heteroatoms. The first-order valence-electron chi connectivity index (χ1n) is 9.62. The molecule has 0 aromatic heterocycles. The summed E-state index contributed by atoms with van der Waals surface area (Å²) in [4.78, 5) is 7.01. The predicted molar refractivity (Wildman–Crippen MR) is 110 cm³/mol. The quantitative estimate of drug-likeness (QED) is 0.764. The summed E-state index contributed by atoms with van der Waals surface area (Å²) in [7, 11) is 0. The Kier molecular flexibility index (Phi) is 4.86. The minimum Gasteiger partial charge on any atom is -0.396 e. The van der Waals surface area contributed by atoms with Gasteiger partial charge in [0, 0.05) is 25.9 Å². The maximum absolute atomic E-state index is 6.58. The van der Waals surface area contributed by atoms with Crippen LogP contribution in [0.2, 0.25) is 0 Å². The molecule has 1 fully saturated rings. The molecule has 0 radical (unpaired) electrons. The van der Waals surface area contributed by atoms with Gasteiger partial charge in [0.25, 0.3) is 0 Å². The van der Waals surface area contributed by atoms with Crippen molar-refractivity contribution < 1.29 is 0 Å². The van der Waals surface area contributed by atoms with Crippen LogP contribution in [0.15, 0.2) is 77.2 Å². The van der Waals surface area contributed by atoms with Crippen molar-refractivity contribution in [3.05, 3.63) is 83.3 Å². The van der Waals surface area contributed by atoms with Gasteiger partial charge in [-0.1, -0.05) is 60.7 Å². The van der Waals surface area contributed by atoms with E-state index in [9.17, 15) is 0 Å². The van der Waals surface area contributed by atoms with E-state index in [1.54, 1.807) is 0 Å². The molecule has 0 amide bonds. The summed E-state index contributed by atoms with van der Waals surface area (Å²) < 4.78 is 0. The molecule has 1 unspecified atom stereocenters. The number of rotatable bonds is 5. The molecule has 5 N–H and O–H groups in total. The zero-order valence-electron chi connectivity index (χ0n) is 15.6. The molecular formula is C22H27N5. The Hall–Kier alpha value is -2.79. The van der Waals surface area contributed by atoms with Crippen LogP contribution in [-0.4, -0.2) is 29.5 Å². The molecule has 0 spiro atoms. The highest BCUT2D eigenvalue weighted by Crippen LogP contribution is 2.31. The maximum atomic E-state index is 6.58. The Morgan fingerprint density at radius 3 is 2.11 bits per heavy atom. The Labute approximate surface area is 160 Å². The lowest BCUT2D eigenvalue weighted by Gasteiger charge is -2.46. The van der Waals surface area contributed by atoms with Gasteiger partial charge in [-0.3, -0.25) is 4.90 Å². The van der Waals surface area contributed by atoms with Crippen molar-refractivity contribution in [2.45, 2.75) is 31.3 Å². The SMILES string of the molecule is NC1=C(N)C(Cc2ccccc2)(N2CCCC2)NC(Cc2ccccc2)=N1. The molecule has 2 aromatic rings. The molecule has 0 saturated carbocycles. The minimum absolute atomic E-state index is 0.433. The Bertz CT molecular complexity index is 838. The van der Waals surface area contributed by atoms with Crippen LogP contribution in [0.4, 0.5) is 0 Å². The highest BCUT2D eigenvalue weighted by molar-refractivity contribution is 5.87. The molecule has 1 saturated heterocycles. The van der Waals surface area contributed by atoms with Crippen LogP contribution >= 0.6 is 0 Å². The van der Waals surface area contributed by atoms with Gasteiger partial charge in [0.05, 0.1) is 5.70 Å². The summed E-state index contributed by atoms with van der Waals surface area (Å²) in [6, 6.07) is 20.8. The van der Waals surface area contributed by atoms with Crippen LogP contribution in [0.25, 0.3) is 0 Å². The van der Waals surface area contributed by atoms with E-state index in [4.69, 9.17) is 11.5 Å². The first kappa shape index (κ1) is 17.6. The Morgan fingerprint density at radius 1 is 0.889 bits per heavy atom. The summed E-state index contributed by atoms with van der Waals surface area (Å²) in [5, 5.41) is 3.70. The van der Waals surface area contributed by atoms with Gasteiger partial charge in [0.2, 0.25) is 0 Å². The normalized spacial score (nSPS) is 23.2. The first-order valence-corrected chi connectivity index (χ1v) is 9.62. The second kappa shape index (κ2) is 7.45. The average molecular weight is 361 g/mol. The predicted octanol–water partition coefficient (Wildman–Crippen LogP) is 2.35. The monoisotopic (exact) mass is 361 g/mol. The molecular weight excluding hydrogens is 334 g/mol. The molecule has 27 heavy (non-hydrogen) atoms. The van der Waals surface area contributed by atoms with E-state index in [-0.39, 0.29) is 0 Å². The molecule has 2 aliphatic rings. The summed E-state index contributed by atoms with van der Waals surface area (Å²) in [5.41, 5.74) is 15.4. The fourth-order valence-electron chi connectivity index (χ4n) is 4.12. The van der Waals surface area contributed by atoms with Crippen LogP contribution in [0, 0.1) is 0 Å². The fourth-order valence-corrected chi connectivity index (χ4v) is 4.12. The largest absolute Gasteiger partial charge is 0.396 e. The molecule has 4 rings (SSSR count). The van der Waals surface area contributed by atoms with Crippen molar-refractivity contribution in [3.63, 3.8) is 0 Å². The smallest absolute Gasteiger partial charge is 0.148 e. The molecule has 2 aromatic carbocycles. The van der Waals surface area contributed by atoms with E-state index in [2.05, 4.69) is 51.6 Å². The van der Waals surface area contributed by atoms with Crippen molar-refractivity contribution in [1.29, 1.82) is 0 Å². The van der Waals surface area contributed by atoms with Gasteiger partial charge in [-0.05, 0) is 24.0 Å². The van der Waals surface area contributed by atoms with E-state index < -0.39 is 5.66 Å². The molecule has 5 nitrogen and oxygen atoms in total. The van der Waals surface area contributed by atoms with Crippen LogP contribution in [-0.2, 0) is 12.8 Å². The number of nitrogens with two attached hydrogens (primary N) is 2. The van der Waals surface area contributed by atoms with Crippen molar-refractivity contribution in [2.75, 3.05) is 13.1 Å². The van der Waals surface area contributed by atoms with E-state index in [1.165, 1.54) is 24.0 Å². The van der Waals surface area contributed by atoms with Crippen molar-refractivity contribution in [3.8, 4) is 0 Å².